The Bertz CT molecular complexity index is 952. The molecule has 0 unspecified atom stereocenters. The SMILES string of the molecule is CC(C)(C)c1cc(Cc2c(S)ccc3ccccc23)cc(C(C)(C)C)c1O. The molecule has 0 aliphatic rings. The zero-order valence-corrected chi connectivity index (χ0v) is 18.1. The Hall–Kier alpha value is -1.93. The second-order valence-electron chi connectivity index (χ2n) is 9.50. The summed E-state index contributed by atoms with van der Waals surface area (Å²) in [5.74, 6) is 0.433. The largest absolute Gasteiger partial charge is 0.507 e. The van der Waals surface area contributed by atoms with Crippen LogP contribution >= 0.6 is 12.6 Å². The number of hydrogen-bond donors (Lipinski definition) is 2. The number of thiol groups is 1. The highest BCUT2D eigenvalue weighted by atomic mass is 32.1. The van der Waals surface area contributed by atoms with E-state index in [-0.39, 0.29) is 10.8 Å². The van der Waals surface area contributed by atoms with Gasteiger partial charge in [0.15, 0.2) is 0 Å². The molecule has 0 aromatic heterocycles. The lowest BCUT2D eigenvalue weighted by Crippen LogP contribution is -2.18. The molecular formula is C25H30OS. The van der Waals surface area contributed by atoms with Crippen molar-refractivity contribution in [2.45, 2.75) is 63.7 Å². The molecule has 1 N–H and O–H groups in total. The summed E-state index contributed by atoms with van der Waals surface area (Å²) >= 11 is 4.74. The van der Waals surface area contributed by atoms with E-state index in [0.717, 1.165) is 22.4 Å². The molecule has 1 nitrogen and oxygen atoms in total. The van der Waals surface area contributed by atoms with Gasteiger partial charge in [-0.3, -0.25) is 0 Å². The van der Waals surface area contributed by atoms with Crippen LogP contribution in [0.25, 0.3) is 10.8 Å². The first-order valence-electron chi connectivity index (χ1n) is 9.55. The summed E-state index contributed by atoms with van der Waals surface area (Å²) in [4.78, 5) is 1.01. The minimum atomic E-state index is -0.122. The standard InChI is InChI=1S/C25H30OS/c1-24(2,3)20-14-16(15-21(23(20)26)25(4,5)6)13-19-18-10-8-7-9-17(18)11-12-22(19)27/h7-12,14-15,26-27H,13H2,1-6H3. The minimum absolute atomic E-state index is 0.122. The van der Waals surface area contributed by atoms with Crippen LogP contribution in [-0.2, 0) is 17.3 Å². The predicted molar refractivity (Wildman–Crippen MR) is 120 cm³/mol. The molecule has 27 heavy (non-hydrogen) atoms. The third-order valence-corrected chi connectivity index (χ3v) is 5.60. The summed E-state index contributed by atoms with van der Waals surface area (Å²) in [5, 5.41) is 13.4. The Morgan fingerprint density at radius 3 is 1.93 bits per heavy atom. The molecule has 3 rings (SSSR count). The molecule has 0 bridgehead atoms. The molecule has 2 heteroatoms. The Morgan fingerprint density at radius 2 is 1.37 bits per heavy atom. The van der Waals surface area contributed by atoms with Crippen molar-refractivity contribution in [1.29, 1.82) is 0 Å². The first-order chi connectivity index (χ1) is 12.5. The first kappa shape index (κ1) is 19.8. The second-order valence-corrected chi connectivity index (χ2v) is 9.98. The Kier molecular flexibility index (Phi) is 5.07. The average molecular weight is 379 g/mol. The molecule has 3 aromatic carbocycles. The molecule has 0 fully saturated rings. The molecule has 0 heterocycles. The molecule has 0 aliphatic heterocycles. The number of aromatic hydroxyl groups is 1. The van der Waals surface area contributed by atoms with Gasteiger partial charge in [-0.25, -0.2) is 0 Å². The quantitative estimate of drug-likeness (QED) is 0.459. The van der Waals surface area contributed by atoms with Crippen LogP contribution in [0.2, 0.25) is 0 Å². The fourth-order valence-corrected chi connectivity index (χ4v) is 3.93. The van der Waals surface area contributed by atoms with Crippen LogP contribution in [0.15, 0.2) is 53.4 Å². The third kappa shape index (κ3) is 4.01. The first-order valence-corrected chi connectivity index (χ1v) is 9.99. The summed E-state index contributed by atoms with van der Waals surface area (Å²) in [6.07, 6.45) is 0.798. The van der Waals surface area contributed by atoms with Gasteiger partial charge in [-0.05, 0) is 56.3 Å². The maximum absolute atomic E-state index is 11.0. The van der Waals surface area contributed by atoms with Crippen molar-refractivity contribution in [3.63, 3.8) is 0 Å². The number of hydrogen-bond acceptors (Lipinski definition) is 2. The summed E-state index contributed by atoms with van der Waals surface area (Å²) in [6, 6.07) is 17.0. The lowest BCUT2D eigenvalue weighted by atomic mass is 9.78. The van der Waals surface area contributed by atoms with E-state index in [9.17, 15) is 5.11 Å². The molecular weight excluding hydrogens is 348 g/mol. The van der Waals surface area contributed by atoms with Gasteiger partial charge in [0.25, 0.3) is 0 Å². The second kappa shape index (κ2) is 6.91. The molecule has 0 atom stereocenters. The Morgan fingerprint density at radius 1 is 0.815 bits per heavy atom. The number of fused-ring (bicyclic) bond motifs is 1. The maximum atomic E-state index is 11.0. The summed E-state index contributed by atoms with van der Waals surface area (Å²) in [6.45, 7) is 12.9. The van der Waals surface area contributed by atoms with Gasteiger partial charge in [-0.1, -0.05) is 84.0 Å². The van der Waals surface area contributed by atoms with Crippen LogP contribution in [0.5, 0.6) is 5.75 Å². The maximum Gasteiger partial charge on any atom is 0.123 e. The van der Waals surface area contributed by atoms with E-state index >= 15 is 0 Å². The van der Waals surface area contributed by atoms with Crippen LogP contribution in [0.1, 0.15) is 63.8 Å². The van der Waals surface area contributed by atoms with E-state index in [0.29, 0.717) is 5.75 Å². The van der Waals surface area contributed by atoms with Crippen molar-refractivity contribution in [1.82, 2.24) is 0 Å². The Labute approximate surface area is 168 Å². The van der Waals surface area contributed by atoms with Gasteiger partial charge in [0.2, 0.25) is 0 Å². The summed E-state index contributed by atoms with van der Waals surface area (Å²) in [7, 11) is 0. The van der Waals surface area contributed by atoms with Gasteiger partial charge in [-0.15, -0.1) is 12.6 Å². The zero-order valence-electron chi connectivity index (χ0n) is 17.2. The van der Waals surface area contributed by atoms with E-state index in [4.69, 9.17) is 12.6 Å². The average Bonchev–Trinajstić information content (AvgIpc) is 2.56. The van der Waals surface area contributed by atoms with Crippen LogP contribution < -0.4 is 0 Å². The topological polar surface area (TPSA) is 20.2 Å². The van der Waals surface area contributed by atoms with Crippen molar-refractivity contribution in [2.75, 3.05) is 0 Å². The minimum Gasteiger partial charge on any atom is -0.507 e. The Balaban J connectivity index is 2.20. The van der Waals surface area contributed by atoms with E-state index in [1.54, 1.807) is 0 Å². The van der Waals surface area contributed by atoms with Gasteiger partial charge < -0.3 is 5.11 Å². The smallest absolute Gasteiger partial charge is 0.123 e. The van der Waals surface area contributed by atoms with Crippen molar-refractivity contribution in [3.05, 3.63) is 70.8 Å². The van der Waals surface area contributed by atoms with Crippen molar-refractivity contribution < 1.29 is 5.11 Å². The highest BCUT2D eigenvalue weighted by molar-refractivity contribution is 7.80. The normalized spacial score (nSPS) is 12.6. The number of phenolic OH excluding ortho intramolecular Hbond substituents is 1. The van der Waals surface area contributed by atoms with Crippen molar-refractivity contribution in [3.8, 4) is 5.75 Å². The van der Waals surface area contributed by atoms with Gasteiger partial charge in [0.05, 0.1) is 0 Å². The van der Waals surface area contributed by atoms with Gasteiger partial charge in [0, 0.05) is 4.90 Å². The molecule has 0 spiro atoms. The van der Waals surface area contributed by atoms with Gasteiger partial charge in [0.1, 0.15) is 5.75 Å². The predicted octanol–water partition coefficient (Wildman–Crippen LogP) is 7.02. The fourth-order valence-electron chi connectivity index (χ4n) is 3.65. The highest BCUT2D eigenvalue weighted by Gasteiger charge is 2.26. The molecule has 0 radical (unpaired) electrons. The van der Waals surface area contributed by atoms with E-state index < -0.39 is 0 Å². The highest BCUT2D eigenvalue weighted by Crippen LogP contribution is 2.40. The third-order valence-electron chi connectivity index (χ3n) is 5.18. The summed E-state index contributed by atoms with van der Waals surface area (Å²) in [5.41, 5.74) is 4.22. The van der Waals surface area contributed by atoms with E-state index in [1.165, 1.54) is 21.9 Å². The van der Waals surface area contributed by atoms with Crippen molar-refractivity contribution in [2.24, 2.45) is 0 Å². The molecule has 142 valence electrons. The van der Waals surface area contributed by atoms with Crippen LogP contribution in [0.4, 0.5) is 0 Å². The van der Waals surface area contributed by atoms with Crippen LogP contribution in [-0.4, -0.2) is 5.11 Å². The number of phenols is 1. The molecule has 0 aliphatic carbocycles. The van der Waals surface area contributed by atoms with Crippen LogP contribution in [0.3, 0.4) is 0 Å². The molecule has 0 saturated heterocycles. The lowest BCUT2D eigenvalue weighted by molar-refractivity contribution is 0.423. The number of benzene rings is 3. The van der Waals surface area contributed by atoms with Crippen LogP contribution in [0, 0.1) is 0 Å². The van der Waals surface area contributed by atoms with Gasteiger partial charge in [-0.2, -0.15) is 0 Å². The lowest BCUT2D eigenvalue weighted by Gasteiger charge is -2.28. The summed E-state index contributed by atoms with van der Waals surface area (Å²) < 4.78 is 0. The number of rotatable bonds is 2. The van der Waals surface area contributed by atoms with E-state index in [1.807, 2.05) is 0 Å². The van der Waals surface area contributed by atoms with E-state index in [2.05, 4.69) is 90.1 Å². The van der Waals surface area contributed by atoms with Gasteiger partial charge >= 0.3 is 0 Å². The fraction of sp³-hybridized carbons (Fsp3) is 0.360. The molecule has 3 aromatic rings. The van der Waals surface area contributed by atoms with Crippen molar-refractivity contribution >= 4 is 23.4 Å². The molecule has 0 saturated carbocycles. The molecule has 0 amide bonds. The zero-order chi connectivity index (χ0) is 20.0. The monoisotopic (exact) mass is 378 g/mol.